The molecule has 0 unspecified atom stereocenters. The van der Waals surface area contributed by atoms with E-state index in [2.05, 4.69) is 5.32 Å². The lowest BCUT2D eigenvalue weighted by Crippen LogP contribution is -2.31. The SMILES string of the molecule is N#C/C(C(=O)c1cccc(Cl)c1)=C1\COCCN1. The maximum Gasteiger partial charge on any atom is 0.205 e. The molecule has 1 aliphatic heterocycles. The van der Waals surface area contributed by atoms with Gasteiger partial charge in [0.1, 0.15) is 11.6 Å². The van der Waals surface area contributed by atoms with Gasteiger partial charge in [-0.15, -0.1) is 0 Å². The largest absolute Gasteiger partial charge is 0.383 e. The van der Waals surface area contributed by atoms with Crippen molar-refractivity contribution in [3.05, 3.63) is 46.1 Å². The Hall–Kier alpha value is -1.83. The standard InChI is InChI=1S/C13H11ClN2O2/c14-10-3-1-2-9(6-10)13(17)11(7-15)12-8-18-5-4-16-12/h1-3,6,16H,4-5,8H2/b12-11-. The van der Waals surface area contributed by atoms with Crippen molar-refractivity contribution in [1.29, 1.82) is 5.26 Å². The van der Waals surface area contributed by atoms with Crippen LogP contribution in [0.1, 0.15) is 10.4 Å². The summed E-state index contributed by atoms with van der Waals surface area (Å²) in [7, 11) is 0. The van der Waals surface area contributed by atoms with Crippen LogP contribution < -0.4 is 5.32 Å². The first-order chi connectivity index (χ1) is 8.72. The minimum atomic E-state index is -0.340. The zero-order valence-electron chi connectivity index (χ0n) is 9.57. The third-order valence-electron chi connectivity index (χ3n) is 2.56. The summed E-state index contributed by atoms with van der Waals surface area (Å²) in [5.74, 6) is -0.340. The molecule has 0 aromatic heterocycles. The Morgan fingerprint density at radius 3 is 2.94 bits per heavy atom. The first-order valence-corrected chi connectivity index (χ1v) is 5.85. The molecule has 0 spiro atoms. The van der Waals surface area contributed by atoms with Crippen LogP contribution in [0.15, 0.2) is 35.5 Å². The van der Waals surface area contributed by atoms with Crippen LogP contribution >= 0.6 is 11.6 Å². The third kappa shape index (κ3) is 2.70. The molecule has 0 atom stereocenters. The molecule has 1 aromatic carbocycles. The van der Waals surface area contributed by atoms with Crippen molar-refractivity contribution in [2.45, 2.75) is 0 Å². The van der Waals surface area contributed by atoms with E-state index in [0.29, 0.717) is 29.4 Å². The van der Waals surface area contributed by atoms with Crippen molar-refractivity contribution in [3.63, 3.8) is 0 Å². The molecule has 4 nitrogen and oxygen atoms in total. The van der Waals surface area contributed by atoms with E-state index < -0.39 is 0 Å². The monoisotopic (exact) mass is 262 g/mol. The summed E-state index contributed by atoms with van der Waals surface area (Å²) >= 11 is 5.83. The number of morpholine rings is 1. The van der Waals surface area contributed by atoms with E-state index in [1.54, 1.807) is 24.3 Å². The number of carbonyl (C=O) groups is 1. The predicted molar refractivity (Wildman–Crippen MR) is 67.2 cm³/mol. The number of rotatable bonds is 2. The molecule has 1 heterocycles. The van der Waals surface area contributed by atoms with E-state index in [4.69, 9.17) is 21.6 Å². The van der Waals surface area contributed by atoms with Gasteiger partial charge in [-0.1, -0.05) is 23.7 Å². The number of hydrogen-bond acceptors (Lipinski definition) is 4. The molecule has 1 saturated heterocycles. The fourth-order valence-corrected chi connectivity index (χ4v) is 1.88. The van der Waals surface area contributed by atoms with Gasteiger partial charge in [-0.25, -0.2) is 0 Å². The Labute approximate surface area is 110 Å². The molecular weight excluding hydrogens is 252 g/mol. The molecule has 2 rings (SSSR count). The number of nitrogens with one attached hydrogen (secondary N) is 1. The smallest absolute Gasteiger partial charge is 0.205 e. The normalized spacial score (nSPS) is 17.6. The second-order valence-electron chi connectivity index (χ2n) is 3.78. The van der Waals surface area contributed by atoms with Crippen LogP contribution in [-0.2, 0) is 4.74 Å². The zero-order chi connectivity index (χ0) is 13.0. The minimum absolute atomic E-state index is 0.0805. The number of benzene rings is 1. The second kappa shape index (κ2) is 5.67. The van der Waals surface area contributed by atoms with Crippen LogP contribution in [-0.4, -0.2) is 25.5 Å². The van der Waals surface area contributed by atoms with Crippen LogP contribution in [0.4, 0.5) is 0 Å². The number of halogens is 1. The number of hydrogen-bond donors (Lipinski definition) is 1. The second-order valence-corrected chi connectivity index (χ2v) is 4.22. The van der Waals surface area contributed by atoms with Crippen LogP contribution in [0.3, 0.4) is 0 Å². The number of allylic oxidation sites excluding steroid dienone is 1. The molecule has 0 aliphatic carbocycles. The number of ether oxygens (including phenoxy) is 1. The number of nitriles is 1. The van der Waals surface area contributed by atoms with E-state index in [1.165, 1.54) is 0 Å². The summed E-state index contributed by atoms with van der Waals surface area (Å²) < 4.78 is 5.22. The molecule has 5 heteroatoms. The highest BCUT2D eigenvalue weighted by Crippen LogP contribution is 2.16. The lowest BCUT2D eigenvalue weighted by molar-refractivity contribution is 0.102. The van der Waals surface area contributed by atoms with Gasteiger partial charge in [0.15, 0.2) is 0 Å². The van der Waals surface area contributed by atoms with Crippen molar-refractivity contribution in [1.82, 2.24) is 5.32 Å². The van der Waals surface area contributed by atoms with Gasteiger partial charge in [0.25, 0.3) is 0 Å². The Morgan fingerprint density at radius 1 is 1.50 bits per heavy atom. The fourth-order valence-electron chi connectivity index (χ4n) is 1.69. The first-order valence-electron chi connectivity index (χ1n) is 5.47. The highest BCUT2D eigenvalue weighted by atomic mass is 35.5. The van der Waals surface area contributed by atoms with Crippen LogP contribution in [0, 0.1) is 11.3 Å². The van der Waals surface area contributed by atoms with Gasteiger partial charge < -0.3 is 10.1 Å². The Kier molecular flexibility index (Phi) is 3.98. The fraction of sp³-hybridized carbons (Fsp3) is 0.231. The lowest BCUT2D eigenvalue weighted by Gasteiger charge is -2.18. The minimum Gasteiger partial charge on any atom is -0.383 e. The van der Waals surface area contributed by atoms with Gasteiger partial charge in [0.05, 0.1) is 18.9 Å². The molecule has 0 saturated carbocycles. The number of carbonyl (C=O) groups excluding carboxylic acids is 1. The average Bonchev–Trinajstić information content (AvgIpc) is 2.41. The topological polar surface area (TPSA) is 62.1 Å². The maximum atomic E-state index is 12.2. The lowest BCUT2D eigenvalue weighted by atomic mass is 10.0. The summed E-state index contributed by atoms with van der Waals surface area (Å²) in [6.45, 7) is 1.44. The van der Waals surface area contributed by atoms with E-state index >= 15 is 0 Å². The van der Waals surface area contributed by atoms with Crippen molar-refractivity contribution < 1.29 is 9.53 Å². The molecular formula is C13H11ClN2O2. The Morgan fingerprint density at radius 2 is 2.33 bits per heavy atom. The first kappa shape index (κ1) is 12.6. The summed E-state index contributed by atoms with van der Waals surface area (Å²) in [5.41, 5.74) is 1.02. The van der Waals surface area contributed by atoms with Gasteiger partial charge in [0, 0.05) is 17.1 Å². The number of Topliss-reactive ketones (excluding diaryl/α,β-unsaturated/α-hetero) is 1. The highest BCUT2D eigenvalue weighted by Gasteiger charge is 2.19. The molecule has 1 aromatic rings. The van der Waals surface area contributed by atoms with Crippen molar-refractivity contribution in [3.8, 4) is 6.07 Å². The van der Waals surface area contributed by atoms with Crippen molar-refractivity contribution in [2.24, 2.45) is 0 Å². The van der Waals surface area contributed by atoms with Gasteiger partial charge >= 0.3 is 0 Å². The summed E-state index contributed by atoms with van der Waals surface area (Å²) in [6.07, 6.45) is 0. The number of nitrogens with zero attached hydrogens (tertiary/aromatic N) is 1. The van der Waals surface area contributed by atoms with Gasteiger partial charge in [-0.05, 0) is 12.1 Å². The van der Waals surface area contributed by atoms with Crippen molar-refractivity contribution in [2.75, 3.05) is 19.8 Å². The van der Waals surface area contributed by atoms with Gasteiger partial charge in [0.2, 0.25) is 5.78 Å². The summed E-state index contributed by atoms with van der Waals surface area (Å²) in [6, 6.07) is 8.48. The van der Waals surface area contributed by atoms with Crippen molar-refractivity contribution >= 4 is 17.4 Å². The molecule has 1 N–H and O–H groups in total. The zero-order valence-corrected chi connectivity index (χ0v) is 10.3. The van der Waals surface area contributed by atoms with E-state index in [1.807, 2.05) is 6.07 Å². The van der Waals surface area contributed by atoms with Gasteiger partial charge in [-0.2, -0.15) is 5.26 Å². The Balaban J connectivity index is 2.34. The molecule has 0 bridgehead atoms. The van der Waals surface area contributed by atoms with E-state index in [9.17, 15) is 4.79 Å². The predicted octanol–water partition coefficient (Wildman–Crippen LogP) is 1.92. The molecule has 0 amide bonds. The third-order valence-corrected chi connectivity index (χ3v) is 2.79. The van der Waals surface area contributed by atoms with E-state index in [-0.39, 0.29) is 18.0 Å². The Bertz CT molecular complexity index is 538. The van der Waals surface area contributed by atoms with Crippen LogP contribution in [0.2, 0.25) is 5.02 Å². The van der Waals surface area contributed by atoms with Gasteiger partial charge in [-0.3, -0.25) is 4.79 Å². The average molecular weight is 263 g/mol. The quantitative estimate of drug-likeness (QED) is 0.502. The summed E-state index contributed by atoms with van der Waals surface area (Å²) in [5, 5.41) is 12.6. The number of ketones is 1. The summed E-state index contributed by atoms with van der Waals surface area (Å²) in [4.78, 5) is 12.2. The molecule has 92 valence electrons. The molecule has 1 aliphatic rings. The highest BCUT2D eigenvalue weighted by molar-refractivity contribution is 6.31. The van der Waals surface area contributed by atoms with E-state index in [0.717, 1.165) is 0 Å². The van der Waals surface area contributed by atoms with Crippen LogP contribution in [0.5, 0.6) is 0 Å². The molecule has 1 fully saturated rings. The molecule has 18 heavy (non-hydrogen) atoms. The van der Waals surface area contributed by atoms with Crippen LogP contribution in [0.25, 0.3) is 0 Å². The molecule has 0 radical (unpaired) electrons. The maximum absolute atomic E-state index is 12.2.